The standard InChI is InChI=1S/C9H15NO/c1-4-9(3,5-2)8(11)6-7-10/h4-6H2,1-3H3. The average Bonchev–Trinajstić information content (AvgIpc) is 2.03. The van der Waals surface area contributed by atoms with Crippen LogP contribution in [0, 0.1) is 16.7 Å². The molecule has 0 bridgehead atoms. The SMILES string of the molecule is CCC(C)(CC)C(=O)CC#N. The molecule has 62 valence electrons. The smallest absolute Gasteiger partial charge is 0.152 e. The summed E-state index contributed by atoms with van der Waals surface area (Å²) in [5, 5.41) is 8.32. The van der Waals surface area contributed by atoms with Crippen molar-refractivity contribution >= 4 is 5.78 Å². The molecule has 0 N–H and O–H groups in total. The molecular weight excluding hydrogens is 138 g/mol. The number of Topliss-reactive ketones (excluding diaryl/α,β-unsaturated/α-hetero) is 1. The van der Waals surface area contributed by atoms with Gasteiger partial charge < -0.3 is 0 Å². The minimum absolute atomic E-state index is 0.0537. The molecule has 0 unspecified atom stereocenters. The zero-order valence-corrected chi connectivity index (χ0v) is 7.48. The third-order valence-corrected chi connectivity index (χ3v) is 2.47. The van der Waals surface area contributed by atoms with Gasteiger partial charge in [0.15, 0.2) is 5.78 Å². The Kier molecular flexibility index (Phi) is 3.81. The minimum Gasteiger partial charge on any atom is -0.298 e. The van der Waals surface area contributed by atoms with Crippen LogP contribution in [-0.4, -0.2) is 5.78 Å². The summed E-state index contributed by atoms with van der Waals surface area (Å²) in [7, 11) is 0. The summed E-state index contributed by atoms with van der Waals surface area (Å²) in [5.74, 6) is 0.0741. The molecule has 0 aliphatic carbocycles. The zero-order chi connectivity index (χ0) is 8.91. The summed E-state index contributed by atoms with van der Waals surface area (Å²) < 4.78 is 0. The van der Waals surface area contributed by atoms with Crippen molar-refractivity contribution in [1.29, 1.82) is 5.26 Å². The second-order valence-electron chi connectivity index (χ2n) is 3.03. The Balaban J connectivity index is 4.27. The summed E-state index contributed by atoms with van der Waals surface area (Å²) in [6.07, 6.45) is 1.70. The molecule has 0 heterocycles. The van der Waals surface area contributed by atoms with Crippen LogP contribution in [0.3, 0.4) is 0 Å². The van der Waals surface area contributed by atoms with Crippen LogP contribution in [0.1, 0.15) is 40.0 Å². The van der Waals surface area contributed by atoms with Gasteiger partial charge in [-0.05, 0) is 12.8 Å². The van der Waals surface area contributed by atoms with Gasteiger partial charge in [0.25, 0.3) is 0 Å². The second kappa shape index (κ2) is 4.12. The van der Waals surface area contributed by atoms with E-state index in [9.17, 15) is 4.79 Å². The first kappa shape index (κ1) is 10.2. The fourth-order valence-corrected chi connectivity index (χ4v) is 0.930. The van der Waals surface area contributed by atoms with Gasteiger partial charge in [-0.15, -0.1) is 0 Å². The highest BCUT2D eigenvalue weighted by Gasteiger charge is 2.27. The normalized spacial score (nSPS) is 10.7. The van der Waals surface area contributed by atoms with Gasteiger partial charge in [0, 0.05) is 5.41 Å². The first-order chi connectivity index (χ1) is 5.10. The van der Waals surface area contributed by atoms with Gasteiger partial charge in [0.05, 0.1) is 12.5 Å². The molecular formula is C9H15NO. The molecule has 0 aromatic carbocycles. The highest BCUT2D eigenvalue weighted by molar-refractivity contribution is 5.85. The fraction of sp³-hybridized carbons (Fsp3) is 0.778. The summed E-state index contributed by atoms with van der Waals surface area (Å²) in [6.45, 7) is 5.89. The van der Waals surface area contributed by atoms with Crippen molar-refractivity contribution < 1.29 is 4.79 Å². The van der Waals surface area contributed by atoms with Gasteiger partial charge in [-0.25, -0.2) is 0 Å². The molecule has 11 heavy (non-hydrogen) atoms. The predicted octanol–water partition coefficient (Wildman–Crippen LogP) is 2.30. The lowest BCUT2D eigenvalue weighted by molar-refractivity contribution is -0.127. The Morgan fingerprint density at radius 1 is 1.45 bits per heavy atom. The number of carbonyl (C=O) groups is 1. The number of hydrogen-bond donors (Lipinski definition) is 0. The van der Waals surface area contributed by atoms with Crippen molar-refractivity contribution in [3.63, 3.8) is 0 Å². The molecule has 0 amide bonds. The molecule has 0 atom stereocenters. The van der Waals surface area contributed by atoms with Crippen LogP contribution in [0.2, 0.25) is 0 Å². The van der Waals surface area contributed by atoms with Crippen LogP contribution in [0.4, 0.5) is 0 Å². The van der Waals surface area contributed by atoms with E-state index in [1.54, 1.807) is 0 Å². The molecule has 2 heteroatoms. The van der Waals surface area contributed by atoms with E-state index in [1.807, 2.05) is 26.8 Å². The van der Waals surface area contributed by atoms with E-state index in [4.69, 9.17) is 5.26 Å². The van der Waals surface area contributed by atoms with Crippen LogP contribution in [-0.2, 0) is 4.79 Å². The molecule has 0 saturated carbocycles. The van der Waals surface area contributed by atoms with Crippen molar-refractivity contribution in [3.05, 3.63) is 0 Å². The highest BCUT2D eigenvalue weighted by Crippen LogP contribution is 2.27. The van der Waals surface area contributed by atoms with Crippen molar-refractivity contribution in [2.75, 3.05) is 0 Å². The Bertz CT molecular complexity index is 174. The number of carbonyl (C=O) groups excluding carboxylic acids is 1. The minimum atomic E-state index is -0.268. The number of nitriles is 1. The molecule has 0 aliphatic heterocycles. The molecule has 0 rings (SSSR count). The van der Waals surface area contributed by atoms with Crippen molar-refractivity contribution in [2.24, 2.45) is 5.41 Å². The largest absolute Gasteiger partial charge is 0.298 e. The van der Waals surface area contributed by atoms with E-state index in [0.29, 0.717) is 0 Å². The maximum atomic E-state index is 11.3. The van der Waals surface area contributed by atoms with Crippen molar-refractivity contribution in [1.82, 2.24) is 0 Å². The lowest BCUT2D eigenvalue weighted by atomic mass is 9.79. The van der Waals surface area contributed by atoms with Crippen molar-refractivity contribution in [3.8, 4) is 6.07 Å². The third-order valence-electron chi connectivity index (χ3n) is 2.47. The molecule has 0 saturated heterocycles. The van der Waals surface area contributed by atoms with Crippen LogP contribution >= 0.6 is 0 Å². The summed E-state index contributed by atoms with van der Waals surface area (Å²) in [4.78, 5) is 11.3. The Labute approximate surface area is 68.2 Å². The Morgan fingerprint density at radius 2 is 1.91 bits per heavy atom. The van der Waals surface area contributed by atoms with E-state index in [1.165, 1.54) is 0 Å². The highest BCUT2D eigenvalue weighted by atomic mass is 16.1. The zero-order valence-electron chi connectivity index (χ0n) is 7.48. The van der Waals surface area contributed by atoms with Crippen molar-refractivity contribution in [2.45, 2.75) is 40.0 Å². The van der Waals surface area contributed by atoms with E-state index in [2.05, 4.69) is 0 Å². The first-order valence-electron chi connectivity index (χ1n) is 4.01. The van der Waals surface area contributed by atoms with Gasteiger partial charge in [0.1, 0.15) is 0 Å². The van der Waals surface area contributed by atoms with E-state index in [-0.39, 0.29) is 17.6 Å². The number of rotatable bonds is 4. The van der Waals surface area contributed by atoms with Gasteiger partial charge in [0.2, 0.25) is 0 Å². The molecule has 2 nitrogen and oxygen atoms in total. The fourth-order valence-electron chi connectivity index (χ4n) is 0.930. The lowest BCUT2D eigenvalue weighted by Gasteiger charge is -2.23. The summed E-state index contributed by atoms with van der Waals surface area (Å²) >= 11 is 0. The number of nitrogens with zero attached hydrogens (tertiary/aromatic N) is 1. The van der Waals surface area contributed by atoms with Crippen LogP contribution in [0.5, 0.6) is 0 Å². The Hall–Kier alpha value is -0.840. The second-order valence-corrected chi connectivity index (χ2v) is 3.03. The molecule has 0 aromatic heterocycles. The maximum Gasteiger partial charge on any atom is 0.152 e. The average molecular weight is 153 g/mol. The van der Waals surface area contributed by atoms with Crippen LogP contribution < -0.4 is 0 Å². The topological polar surface area (TPSA) is 40.9 Å². The van der Waals surface area contributed by atoms with Gasteiger partial charge >= 0.3 is 0 Å². The third kappa shape index (κ3) is 2.34. The molecule has 0 radical (unpaired) electrons. The molecule has 0 aliphatic rings. The van der Waals surface area contributed by atoms with E-state index < -0.39 is 0 Å². The van der Waals surface area contributed by atoms with Crippen LogP contribution in [0.15, 0.2) is 0 Å². The van der Waals surface area contributed by atoms with E-state index >= 15 is 0 Å². The lowest BCUT2D eigenvalue weighted by Crippen LogP contribution is -2.25. The van der Waals surface area contributed by atoms with E-state index in [0.717, 1.165) is 12.8 Å². The summed E-state index contributed by atoms with van der Waals surface area (Å²) in [6, 6.07) is 1.89. The van der Waals surface area contributed by atoms with Crippen LogP contribution in [0.25, 0.3) is 0 Å². The maximum absolute atomic E-state index is 11.3. The predicted molar refractivity (Wildman–Crippen MR) is 43.9 cm³/mol. The molecule has 0 spiro atoms. The van der Waals surface area contributed by atoms with Gasteiger partial charge in [-0.1, -0.05) is 20.8 Å². The summed E-state index contributed by atoms with van der Waals surface area (Å²) in [5.41, 5.74) is -0.268. The quantitative estimate of drug-likeness (QED) is 0.621. The Morgan fingerprint density at radius 3 is 2.18 bits per heavy atom. The molecule has 0 aromatic rings. The first-order valence-corrected chi connectivity index (χ1v) is 4.01. The monoisotopic (exact) mass is 153 g/mol. The van der Waals surface area contributed by atoms with Gasteiger partial charge in [-0.2, -0.15) is 5.26 Å². The number of hydrogen-bond acceptors (Lipinski definition) is 2. The molecule has 0 fully saturated rings. The number of ketones is 1. The van der Waals surface area contributed by atoms with Gasteiger partial charge in [-0.3, -0.25) is 4.79 Å².